The second-order valence-electron chi connectivity index (χ2n) is 5.65. The minimum atomic E-state index is -0.607. The number of rotatable bonds is 3. The Labute approximate surface area is 112 Å². The number of amides is 1. The van der Waals surface area contributed by atoms with Gasteiger partial charge in [-0.3, -0.25) is 9.59 Å². The van der Waals surface area contributed by atoms with Crippen LogP contribution in [0.15, 0.2) is 12.2 Å². The molecular formula is C14H19NO4. The minimum Gasteiger partial charge on any atom is -0.469 e. The molecule has 2 fully saturated rings. The van der Waals surface area contributed by atoms with Crippen LogP contribution in [0.4, 0.5) is 0 Å². The fourth-order valence-electron chi connectivity index (χ4n) is 3.53. The number of ether oxygens (including phenoxy) is 2. The van der Waals surface area contributed by atoms with Gasteiger partial charge in [-0.1, -0.05) is 19.1 Å². The molecule has 1 spiro atoms. The Morgan fingerprint density at radius 3 is 3.05 bits per heavy atom. The van der Waals surface area contributed by atoms with Crippen molar-refractivity contribution < 1.29 is 19.1 Å². The van der Waals surface area contributed by atoms with Crippen LogP contribution in [-0.2, 0) is 19.1 Å². The fourth-order valence-corrected chi connectivity index (χ4v) is 3.53. The van der Waals surface area contributed by atoms with Gasteiger partial charge in [-0.05, 0) is 13.3 Å². The number of carbonyl (C=O) groups excluding carboxylic acids is 2. The molecule has 19 heavy (non-hydrogen) atoms. The summed E-state index contributed by atoms with van der Waals surface area (Å²) in [4.78, 5) is 26.4. The van der Waals surface area contributed by atoms with Crippen LogP contribution in [0.2, 0.25) is 0 Å². The normalized spacial score (nSPS) is 40.7. The Hall–Kier alpha value is -1.36. The number of hydrogen-bond acceptors (Lipinski definition) is 4. The molecular weight excluding hydrogens is 246 g/mol. The van der Waals surface area contributed by atoms with Crippen LogP contribution in [0.1, 0.15) is 20.3 Å². The van der Waals surface area contributed by atoms with Crippen LogP contribution >= 0.6 is 0 Å². The van der Waals surface area contributed by atoms with Gasteiger partial charge in [0.05, 0.1) is 25.7 Å². The third kappa shape index (κ3) is 1.51. The van der Waals surface area contributed by atoms with E-state index < -0.39 is 17.4 Å². The first-order valence-electron chi connectivity index (χ1n) is 6.79. The van der Waals surface area contributed by atoms with Crippen molar-refractivity contribution in [1.82, 2.24) is 4.90 Å². The molecule has 0 aliphatic carbocycles. The zero-order valence-electron chi connectivity index (χ0n) is 11.5. The van der Waals surface area contributed by atoms with Crippen molar-refractivity contribution >= 4 is 11.9 Å². The molecule has 0 N–H and O–H groups in total. The number of methoxy groups -OCH3 is 1. The van der Waals surface area contributed by atoms with Gasteiger partial charge in [0.15, 0.2) is 0 Å². The van der Waals surface area contributed by atoms with Gasteiger partial charge in [0.1, 0.15) is 11.5 Å². The topological polar surface area (TPSA) is 55.8 Å². The fraction of sp³-hybridized carbons (Fsp3) is 0.714. The SMILES string of the molecule is CC[C@@H](C)N1C[C@@]23C=C[C@H](O2)[C@H](C(=O)OC)[C@@H]3C1=O. The summed E-state index contributed by atoms with van der Waals surface area (Å²) in [7, 11) is 1.36. The van der Waals surface area contributed by atoms with E-state index in [1.807, 2.05) is 24.0 Å². The molecule has 0 aromatic carbocycles. The van der Waals surface area contributed by atoms with Gasteiger partial charge in [0, 0.05) is 6.04 Å². The highest BCUT2D eigenvalue weighted by atomic mass is 16.5. The molecule has 3 rings (SSSR count). The maximum absolute atomic E-state index is 12.6. The van der Waals surface area contributed by atoms with Gasteiger partial charge < -0.3 is 14.4 Å². The zero-order chi connectivity index (χ0) is 13.8. The summed E-state index contributed by atoms with van der Waals surface area (Å²) in [6.45, 7) is 4.63. The summed E-state index contributed by atoms with van der Waals surface area (Å²) < 4.78 is 10.8. The van der Waals surface area contributed by atoms with Gasteiger partial charge in [-0.15, -0.1) is 0 Å². The highest BCUT2D eigenvalue weighted by molar-refractivity contribution is 5.91. The molecule has 3 aliphatic rings. The van der Waals surface area contributed by atoms with Crippen LogP contribution < -0.4 is 0 Å². The van der Waals surface area contributed by atoms with E-state index in [4.69, 9.17) is 9.47 Å². The Kier molecular flexibility index (Phi) is 2.71. The van der Waals surface area contributed by atoms with E-state index in [2.05, 4.69) is 6.92 Å². The van der Waals surface area contributed by atoms with Crippen molar-refractivity contribution in [3.8, 4) is 0 Å². The third-order valence-electron chi connectivity index (χ3n) is 4.73. The van der Waals surface area contributed by atoms with Crippen LogP contribution in [0, 0.1) is 11.8 Å². The maximum Gasteiger partial charge on any atom is 0.312 e. The lowest BCUT2D eigenvalue weighted by molar-refractivity contribution is -0.151. The zero-order valence-corrected chi connectivity index (χ0v) is 11.5. The highest BCUT2D eigenvalue weighted by Gasteiger charge is 2.67. The van der Waals surface area contributed by atoms with Gasteiger partial charge in [-0.2, -0.15) is 0 Å². The van der Waals surface area contributed by atoms with E-state index in [1.165, 1.54) is 7.11 Å². The van der Waals surface area contributed by atoms with Crippen molar-refractivity contribution in [2.75, 3.05) is 13.7 Å². The lowest BCUT2D eigenvalue weighted by Gasteiger charge is -2.26. The molecule has 0 aromatic rings. The van der Waals surface area contributed by atoms with Crippen LogP contribution in [-0.4, -0.2) is 48.2 Å². The molecule has 0 aromatic heterocycles. The Morgan fingerprint density at radius 1 is 1.68 bits per heavy atom. The van der Waals surface area contributed by atoms with Crippen LogP contribution in [0.25, 0.3) is 0 Å². The largest absolute Gasteiger partial charge is 0.469 e. The van der Waals surface area contributed by atoms with E-state index in [0.29, 0.717) is 6.54 Å². The molecule has 0 saturated carbocycles. The maximum atomic E-state index is 12.6. The lowest BCUT2D eigenvalue weighted by atomic mass is 9.77. The summed E-state index contributed by atoms with van der Waals surface area (Å²) in [6.07, 6.45) is 4.44. The molecule has 104 valence electrons. The van der Waals surface area contributed by atoms with Gasteiger partial charge >= 0.3 is 5.97 Å². The summed E-state index contributed by atoms with van der Waals surface area (Å²) in [5.74, 6) is -1.22. The average molecular weight is 265 g/mol. The Balaban J connectivity index is 1.95. The number of fused-ring (bicyclic) bond motifs is 1. The monoisotopic (exact) mass is 265 g/mol. The number of likely N-dealkylation sites (tertiary alicyclic amines) is 1. The second-order valence-corrected chi connectivity index (χ2v) is 5.65. The minimum absolute atomic E-state index is 0.0246. The van der Waals surface area contributed by atoms with Crippen molar-refractivity contribution in [2.24, 2.45) is 11.8 Å². The van der Waals surface area contributed by atoms with Crippen molar-refractivity contribution in [2.45, 2.75) is 38.0 Å². The van der Waals surface area contributed by atoms with Gasteiger partial charge in [0.2, 0.25) is 5.91 Å². The predicted molar refractivity (Wildman–Crippen MR) is 67.2 cm³/mol. The van der Waals surface area contributed by atoms with Crippen molar-refractivity contribution in [3.05, 3.63) is 12.2 Å². The van der Waals surface area contributed by atoms with E-state index in [9.17, 15) is 9.59 Å². The standard InChI is InChI=1S/C14H19NO4/c1-4-8(2)15-7-14-6-5-9(19-14)10(13(17)18-3)11(14)12(15)16/h5-6,8-11H,4,7H2,1-3H3/t8-,9+,10+,11-,14-/m1/s1. The molecule has 3 heterocycles. The summed E-state index contributed by atoms with van der Waals surface area (Å²) in [6, 6.07) is 0.168. The molecule has 0 radical (unpaired) electrons. The van der Waals surface area contributed by atoms with Crippen molar-refractivity contribution in [3.63, 3.8) is 0 Å². The average Bonchev–Trinajstić information content (AvgIpc) is 3.05. The Bertz CT molecular complexity index is 460. The number of carbonyl (C=O) groups is 2. The lowest BCUT2D eigenvalue weighted by Crippen LogP contribution is -2.40. The first-order valence-corrected chi connectivity index (χ1v) is 6.79. The predicted octanol–water partition coefficient (Wildman–Crippen LogP) is 0.740. The Morgan fingerprint density at radius 2 is 2.42 bits per heavy atom. The van der Waals surface area contributed by atoms with E-state index in [1.54, 1.807) is 0 Å². The van der Waals surface area contributed by atoms with E-state index in [0.717, 1.165) is 6.42 Å². The van der Waals surface area contributed by atoms with Crippen molar-refractivity contribution in [1.29, 1.82) is 0 Å². The summed E-state index contributed by atoms with van der Waals surface area (Å²) in [5.41, 5.74) is -0.607. The molecule has 5 atom stereocenters. The van der Waals surface area contributed by atoms with Gasteiger partial charge in [0.25, 0.3) is 0 Å². The molecule has 5 heteroatoms. The second kappa shape index (κ2) is 4.07. The highest BCUT2D eigenvalue weighted by Crippen LogP contribution is 2.52. The molecule has 0 unspecified atom stereocenters. The first kappa shape index (κ1) is 12.7. The summed E-state index contributed by atoms with van der Waals surface area (Å²) in [5, 5.41) is 0. The van der Waals surface area contributed by atoms with Gasteiger partial charge in [-0.25, -0.2) is 0 Å². The third-order valence-corrected chi connectivity index (χ3v) is 4.73. The molecule has 2 saturated heterocycles. The van der Waals surface area contributed by atoms with Crippen LogP contribution in [0.3, 0.4) is 0 Å². The first-order chi connectivity index (χ1) is 9.04. The molecule has 3 aliphatic heterocycles. The number of hydrogen-bond donors (Lipinski definition) is 0. The van der Waals surface area contributed by atoms with Crippen LogP contribution in [0.5, 0.6) is 0 Å². The number of esters is 1. The quantitative estimate of drug-likeness (QED) is 0.558. The smallest absolute Gasteiger partial charge is 0.312 e. The number of nitrogens with zero attached hydrogens (tertiary/aromatic N) is 1. The molecule has 1 amide bonds. The van der Waals surface area contributed by atoms with E-state index in [-0.39, 0.29) is 24.0 Å². The molecule has 2 bridgehead atoms. The van der Waals surface area contributed by atoms with E-state index >= 15 is 0 Å². The summed E-state index contributed by atoms with van der Waals surface area (Å²) >= 11 is 0. The molecule has 5 nitrogen and oxygen atoms in total.